The molecule has 1 aliphatic rings. The van der Waals surface area contributed by atoms with Gasteiger partial charge < -0.3 is 5.32 Å². The Morgan fingerprint density at radius 1 is 0.844 bits per heavy atom. The Morgan fingerprint density at radius 3 is 2.12 bits per heavy atom. The number of imide groups is 1. The number of benzene rings is 3. The van der Waals surface area contributed by atoms with Crippen LogP contribution >= 0.6 is 47.0 Å². The molecule has 0 radical (unpaired) electrons. The first-order valence-corrected chi connectivity index (χ1v) is 10.7. The van der Waals surface area contributed by atoms with Gasteiger partial charge in [-0.15, -0.1) is 0 Å². The van der Waals surface area contributed by atoms with Crippen LogP contribution < -0.4 is 15.5 Å². The number of carbonyl (C=O) groups is 3. The van der Waals surface area contributed by atoms with E-state index in [1.807, 2.05) is 0 Å². The molecule has 1 heterocycles. The zero-order valence-electron chi connectivity index (χ0n) is 16.0. The molecule has 3 aromatic carbocycles. The summed E-state index contributed by atoms with van der Waals surface area (Å²) in [6.45, 7) is 0. The topological polar surface area (TPSA) is 78.5 Å². The predicted octanol–water partition coefficient (Wildman–Crippen LogP) is 5.57. The van der Waals surface area contributed by atoms with E-state index >= 15 is 0 Å². The molecule has 2 N–H and O–H groups in total. The zero-order valence-corrected chi connectivity index (χ0v) is 19.1. The number of hydrogen-bond donors (Lipinski definition) is 2. The maximum Gasteiger partial charge on any atom is 0.266 e. The summed E-state index contributed by atoms with van der Waals surface area (Å²) in [7, 11) is 0. The van der Waals surface area contributed by atoms with E-state index in [2.05, 4.69) is 10.6 Å². The third-order valence-electron chi connectivity index (χ3n) is 4.68. The SMILES string of the molecule is O=C(NC(=S)Nc1ccc(N2C(=O)c3ccccc3C2=O)cc1Cl)c1cccc(Cl)c1Cl. The van der Waals surface area contributed by atoms with Crippen LogP contribution in [0, 0.1) is 0 Å². The number of thiocarbonyl (C=S) groups is 1. The van der Waals surface area contributed by atoms with Crippen LogP contribution in [-0.4, -0.2) is 22.8 Å². The average molecular weight is 505 g/mol. The molecule has 0 aliphatic carbocycles. The average Bonchev–Trinajstić information content (AvgIpc) is 3.02. The van der Waals surface area contributed by atoms with Crippen LogP contribution in [0.15, 0.2) is 60.7 Å². The van der Waals surface area contributed by atoms with Gasteiger partial charge in [-0.1, -0.05) is 53.0 Å². The molecule has 0 fully saturated rings. The molecule has 3 aromatic rings. The van der Waals surface area contributed by atoms with Crippen molar-refractivity contribution in [3.63, 3.8) is 0 Å². The molecule has 0 unspecified atom stereocenters. The Labute approximate surface area is 203 Å². The van der Waals surface area contributed by atoms with Crippen LogP contribution in [0.1, 0.15) is 31.1 Å². The van der Waals surface area contributed by atoms with Gasteiger partial charge in [-0.25, -0.2) is 4.90 Å². The van der Waals surface area contributed by atoms with Gasteiger partial charge in [-0.3, -0.25) is 19.7 Å². The van der Waals surface area contributed by atoms with Gasteiger partial charge in [-0.2, -0.15) is 0 Å². The van der Waals surface area contributed by atoms with E-state index in [0.717, 1.165) is 4.90 Å². The molecule has 160 valence electrons. The summed E-state index contributed by atoms with van der Waals surface area (Å²) < 4.78 is 0. The number of carbonyl (C=O) groups excluding carboxylic acids is 3. The van der Waals surface area contributed by atoms with Crippen molar-refractivity contribution in [2.24, 2.45) is 0 Å². The number of nitrogens with zero attached hydrogens (tertiary/aromatic N) is 1. The largest absolute Gasteiger partial charge is 0.331 e. The smallest absolute Gasteiger partial charge is 0.266 e. The number of amides is 3. The Morgan fingerprint density at radius 2 is 1.50 bits per heavy atom. The first-order chi connectivity index (χ1) is 15.3. The van der Waals surface area contributed by atoms with E-state index in [1.165, 1.54) is 12.1 Å². The minimum atomic E-state index is -0.547. The van der Waals surface area contributed by atoms with Crippen molar-refractivity contribution in [1.82, 2.24) is 5.32 Å². The van der Waals surface area contributed by atoms with Crippen molar-refractivity contribution in [2.45, 2.75) is 0 Å². The monoisotopic (exact) mass is 503 g/mol. The second-order valence-electron chi connectivity index (χ2n) is 6.67. The highest BCUT2D eigenvalue weighted by atomic mass is 35.5. The Balaban J connectivity index is 1.49. The van der Waals surface area contributed by atoms with Crippen molar-refractivity contribution in [1.29, 1.82) is 0 Å². The van der Waals surface area contributed by atoms with Gasteiger partial charge >= 0.3 is 0 Å². The summed E-state index contributed by atoms with van der Waals surface area (Å²) in [4.78, 5) is 38.8. The summed E-state index contributed by atoms with van der Waals surface area (Å²) in [5.41, 5.74) is 1.51. The number of anilines is 2. The van der Waals surface area contributed by atoms with Gasteiger partial charge in [0.2, 0.25) is 0 Å². The van der Waals surface area contributed by atoms with Crippen molar-refractivity contribution in [3.8, 4) is 0 Å². The number of fused-ring (bicyclic) bond motifs is 1. The molecule has 6 nitrogen and oxygen atoms in total. The fraction of sp³-hybridized carbons (Fsp3) is 0. The fourth-order valence-corrected chi connectivity index (χ4v) is 3.98. The highest BCUT2D eigenvalue weighted by Crippen LogP contribution is 2.33. The molecule has 0 aromatic heterocycles. The Hall–Kier alpha value is -2.97. The second-order valence-corrected chi connectivity index (χ2v) is 8.27. The van der Waals surface area contributed by atoms with Crippen LogP contribution in [0.5, 0.6) is 0 Å². The third kappa shape index (κ3) is 4.08. The van der Waals surface area contributed by atoms with Crippen LogP contribution in [-0.2, 0) is 0 Å². The van der Waals surface area contributed by atoms with Crippen molar-refractivity contribution in [3.05, 3.63) is 92.4 Å². The van der Waals surface area contributed by atoms with Gasteiger partial charge in [0.25, 0.3) is 17.7 Å². The van der Waals surface area contributed by atoms with Gasteiger partial charge in [0, 0.05) is 0 Å². The highest BCUT2D eigenvalue weighted by Gasteiger charge is 2.36. The number of nitrogens with one attached hydrogen (secondary N) is 2. The zero-order chi connectivity index (χ0) is 23.0. The number of rotatable bonds is 3. The molecule has 0 atom stereocenters. The van der Waals surface area contributed by atoms with Crippen LogP contribution in [0.2, 0.25) is 15.1 Å². The second kappa shape index (κ2) is 8.88. The maximum absolute atomic E-state index is 12.6. The van der Waals surface area contributed by atoms with Crippen molar-refractivity contribution in [2.75, 3.05) is 10.2 Å². The molecule has 0 spiro atoms. The van der Waals surface area contributed by atoms with Crippen molar-refractivity contribution >= 4 is 81.2 Å². The summed E-state index contributed by atoms with van der Waals surface area (Å²) in [6.07, 6.45) is 0. The van der Waals surface area contributed by atoms with Crippen molar-refractivity contribution < 1.29 is 14.4 Å². The van der Waals surface area contributed by atoms with Gasteiger partial charge in [-0.05, 0) is 54.7 Å². The molecule has 32 heavy (non-hydrogen) atoms. The fourth-order valence-electron chi connectivity index (χ4n) is 3.17. The molecule has 4 rings (SSSR count). The molecule has 1 aliphatic heterocycles. The lowest BCUT2D eigenvalue weighted by atomic mass is 10.1. The summed E-state index contributed by atoms with van der Waals surface area (Å²) in [5, 5.41) is 5.82. The van der Waals surface area contributed by atoms with E-state index in [-0.39, 0.29) is 25.7 Å². The number of halogens is 3. The minimum absolute atomic E-state index is 0.0265. The normalized spacial score (nSPS) is 12.5. The molecule has 3 amide bonds. The minimum Gasteiger partial charge on any atom is -0.331 e. The Bertz CT molecular complexity index is 1280. The standard InChI is InChI=1S/C22H12Cl3N3O3S/c23-15-7-3-6-14(18(15)25)19(29)27-22(32)26-17-9-8-11(10-16(17)24)28-20(30)12-4-1-2-5-13(12)21(28)31/h1-10H,(H2,26,27,29,32). The molecular formula is C22H12Cl3N3O3S. The summed E-state index contributed by atoms with van der Waals surface area (Å²) in [6, 6.07) is 15.8. The lowest BCUT2D eigenvalue weighted by Crippen LogP contribution is -2.34. The van der Waals surface area contributed by atoms with Gasteiger partial charge in [0.15, 0.2) is 5.11 Å². The maximum atomic E-state index is 12.6. The summed E-state index contributed by atoms with van der Waals surface area (Å²) in [5.74, 6) is -1.40. The van der Waals surface area contributed by atoms with E-state index < -0.39 is 17.7 Å². The van der Waals surface area contributed by atoms with E-state index in [4.69, 9.17) is 47.0 Å². The van der Waals surface area contributed by atoms with Gasteiger partial charge in [0.05, 0.1) is 43.1 Å². The lowest BCUT2D eigenvalue weighted by Gasteiger charge is -2.16. The third-order valence-corrected chi connectivity index (χ3v) is 6.01. The lowest BCUT2D eigenvalue weighted by molar-refractivity contribution is 0.0923. The molecule has 10 heteroatoms. The van der Waals surface area contributed by atoms with E-state index in [9.17, 15) is 14.4 Å². The quantitative estimate of drug-likeness (QED) is 0.360. The molecule has 0 saturated carbocycles. The van der Waals surface area contributed by atoms with Crippen LogP contribution in [0.4, 0.5) is 11.4 Å². The first-order valence-electron chi connectivity index (χ1n) is 9.11. The number of hydrogen-bond acceptors (Lipinski definition) is 4. The van der Waals surface area contributed by atoms with E-state index in [1.54, 1.807) is 48.5 Å². The Kier molecular flexibility index (Phi) is 6.17. The van der Waals surface area contributed by atoms with E-state index in [0.29, 0.717) is 22.5 Å². The molecular weight excluding hydrogens is 493 g/mol. The first kappa shape index (κ1) is 22.2. The molecule has 0 saturated heterocycles. The summed E-state index contributed by atoms with van der Waals surface area (Å²) >= 11 is 23.5. The van der Waals surface area contributed by atoms with Gasteiger partial charge in [0.1, 0.15) is 0 Å². The van der Waals surface area contributed by atoms with Crippen LogP contribution in [0.3, 0.4) is 0 Å². The predicted molar refractivity (Wildman–Crippen MR) is 129 cm³/mol. The highest BCUT2D eigenvalue weighted by molar-refractivity contribution is 7.80. The van der Waals surface area contributed by atoms with Crippen LogP contribution in [0.25, 0.3) is 0 Å². The molecule has 0 bridgehead atoms.